The van der Waals surface area contributed by atoms with Crippen LogP contribution in [0.25, 0.3) is 0 Å². The summed E-state index contributed by atoms with van der Waals surface area (Å²) in [5.74, 6) is 0. The van der Waals surface area contributed by atoms with E-state index in [-0.39, 0.29) is 6.29 Å². The van der Waals surface area contributed by atoms with E-state index in [9.17, 15) is 0 Å². The zero-order chi connectivity index (χ0) is 7.97. The molecular weight excluding hydrogens is 152 g/mol. The number of hydrogen-bond acceptors (Lipinski definition) is 2. The van der Waals surface area contributed by atoms with Crippen LogP contribution in [0.3, 0.4) is 0 Å². The van der Waals surface area contributed by atoms with Crippen LogP contribution in [0.15, 0.2) is 18.2 Å². The first-order valence-electron chi connectivity index (χ1n) is 4.28. The zero-order valence-corrected chi connectivity index (χ0v) is 6.75. The van der Waals surface area contributed by atoms with Crippen LogP contribution in [0.5, 0.6) is 0 Å². The minimum absolute atomic E-state index is 0.0886. The topological polar surface area (TPSA) is 18.5 Å². The van der Waals surface area contributed by atoms with Crippen LogP contribution in [0.2, 0.25) is 0 Å². The van der Waals surface area contributed by atoms with Gasteiger partial charge < -0.3 is 9.47 Å². The maximum absolute atomic E-state index is 5.43. The van der Waals surface area contributed by atoms with Crippen LogP contribution in [-0.4, -0.2) is 13.2 Å². The monoisotopic (exact) mass is 162 g/mol. The molecule has 0 radical (unpaired) electrons. The van der Waals surface area contributed by atoms with E-state index in [2.05, 4.69) is 18.2 Å². The fourth-order valence-corrected chi connectivity index (χ4v) is 1.78. The summed E-state index contributed by atoms with van der Waals surface area (Å²) in [7, 11) is 0. The molecule has 1 fully saturated rings. The van der Waals surface area contributed by atoms with E-state index in [0.717, 1.165) is 19.6 Å². The van der Waals surface area contributed by atoms with E-state index in [1.807, 2.05) is 0 Å². The van der Waals surface area contributed by atoms with Gasteiger partial charge in [0.25, 0.3) is 0 Å². The summed E-state index contributed by atoms with van der Waals surface area (Å²) in [5, 5.41) is 0. The van der Waals surface area contributed by atoms with Crippen molar-refractivity contribution in [2.24, 2.45) is 0 Å². The second-order valence-corrected chi connectivity index (χ2v) is 3.28. The smallest absolute Gasteiger partial charge is 0.184 e. The molecule has 12 heavy (non-hydrogen) atoms. The van der Waals surface area contributed by atoms with Crippen molar-refractivity contribution in [1.82, 2.24) is 0 Å². The lowest BCUT2D eigenvalue weighted by Crippen LogP contribution is -2.10. The lowest BCUT2D eigenvalue weighted by Gasteiger charge is -2.21. The Balaban J connectivity index is 1.97. The molecule has 4 rings (SSSR count). The fourth-order valence-electron chi connectivity index (χ4n) is 1.78. The van der Waals surface area contributed by atoms with Gasteiger partial charge in [0.2, 0.25) is 0 Å². The van der Waals surface area contributed by atoms with Gasteiger partial charge in [0.1, 0.15) is 0 Å². The van der Waals surface area contributed by atoms with Gasteiger partial charge in [0, 0.05) is 5.56 Å². The van der Waals surface area contributed by atoms with E-state index in [0.29, 0.717) is 0 Å². The minimum Gasteiger partial charge on any atom is -0.346 e. The van der Waals surface area contributed by atoms with Crippen molar-refractivity contribution >= 4 is 0 Å². The highest BCUT2D eigenvalue weighted by Gasteiger charge is 2.24. The summed E-state index contributed by atoms with van der Waals surface area (Å²) in [4.78, 5) is 0. The van der Waals surface area contributed by atoms with Crippen LogP contribution < -0.4 is 0 Å². The van der Waals surface area contributed by atoms with Crippen molar-refractivity contribution in [3.63, 3.8) is 0 Å². The summed E-state index contributed by atoms with van der Waals surface area (Å²) in [6, 6.07) is 6.47. The Kier molecular flexibility index (Phi) is 1.28. The van der Waals surface area contributed by atoms with E-state index < -0.39 is 0 Å². The summed E-state index contributed by atoms with van der Waals surface area (Å²) in [6.45, 7) is 1.46. The van der Waals surface area contributed by atoms with Gasteiger partial charge in [-0.2, -0.15) is 0 Å². The maximum Gasteiger partial charge on any atom is 0.184 e. The highest BCUT2D eigenvalue weighted by atomic mass is 16.7. The van der Waals surface area contributed by atoms with Crippen LogP contribution in [0.1, 0.15) is 23.0 Å². The summed E-state index contributed by atoms with van der Waals surface area (Å²) in [5.41, 5.74) is 4.04. The molecule has 2 aliphatic carbocycles. The van der Waals surface area contributed by atoms with Gasteiger partial charge in [-0.3, -0.25) is 0 Å². The third kappa shape index (κ3) is 0.822. The first-order chi connectivity index (χ1) is 5.93. The lowest BCUT2D eigenvalue weighted by atomic mass is 9.88. The molecule has 0 saturated carbocycles. The van der Waals surface area contributed by atoms with Crippen molar-refractivity contribution in [2.75, 3.05) is 13.2 Å². The van der Waals surface area contributed by atoms with Crippen LogP contribution in [0.4, 0.5) is 0 Å². The van der Waals surface area contributed by atoms with E-state index in [4.69, 9.17) is 9.47 Å². The standard InChI is InChI=1S/C10H10O2/c1-2-9(8-5-7(1)6-8)10-11-3-4-12-10/h1-2,5,10H,3-4,6H2. The molecule has 1 saturated heterocycles. The highest BCUT2D eigenvalue weighted by molar-refractivity contribution is 5.44. The molecule has 1 aromatic rings. The lowest BCUT2D eigenvalue weighted by molar-refractivity contribution is -0.0448. The molecular formula is C10H10O2. The Hall–Kier alpha value is -0.860. The molecule has 0 amide bonds. The van der Waals surface area contributed by atoms with Crippen molar-refractivity contribution in [1.29, 1.82) is 0 Å². The molecule has 2 bridgehead atoms. The van der Waals surface area contributed by atoms with Gasteiger partial charge in [-0.1, -0.05) is 18.2 Å². The van der Waals surface area contributed by atoms with Crippen molar-refractivity contribution in [2.45, 2.75) is 12.7 Å². The van der Waals surface area contributed by atoms with E-state index in [1.165, 1.54) is 16.7 Å². The Labute approximate surface area is 71.1 Å². The van der Waals surface area contributed by atoms with Gasteiger partial charge in [0.15, 0.2) is 6.29 Å². The number of fused-ring (bicyclic) bond motifs is 2. The molecule has 62 valence electrons. The van der Waals surface area contributed by atoms with Crippen LogP contribution in [0, 0.1) is 0 Å². The third-order valence-corrected chi connectivity index (χ3v) is 2.48. The average Bonchev–Trinajstić information content (AvgIpc) is 2.54. The molecule has 0 spiro atoms. The van der Waals surface area contributed by atoms with Crippen molar-refractivity contribution < 1.29 is 9.47 Å². The van der Waals surface area contributed by atoms with Crippen LogP contribution >= 0.6 is 0 Å². The number of hydrogen-bond donors (Lipinski definition) is 0. The Morgan fingerprint density at radius 2 is 1.92 bits per heavy atom. The number of benzene rings is 1. The molecule has 1 aliphatic heterocycles. The predicted octanol–water partition coefficient (Wildman–Crippen LogP) is 1.64. The van der Waals surface area contributed by atoms with Gasteiger partial charge in [-0.15, -0.1) is 0 Å². The molecule has 2 heteroatoms. The van der Waals surface area contributed by atoms with E-state index >= 15 is 0 Å². The summed E-state index contributed by atoms with van der Waals surface area (Å²) >= 11 is 0. The average molecular weight is 162 g/mol. The normalized spacial score (nSPS) is 21.0. The zero-order valence-electron chi connectivity index (χ0n) is 6.75. The Bertz CT molecular complexity index is 310. The van der Waals surface area contributed by atoms with E-state index in [1.54, 1.807) is 0 Å². The van der Waals surface area contributed by atoms with Gasteiger partial charge in [-0.25, -0.2) is 0 Å². The molecule has 0 atom stereocenters. The van der Waals surface area contributed by atoms with Crippen LogP contribution in [-0.2, 0) is 15.9 Å². The maximum atomic E-state index is 5.43. The summed E-state index contributed by atoms with van der Waals surface area (Å²) in [6.07, 6.45) is 1.02. The molecule has 0 aromatic heterocycles. The molecule has 0 unspecified atom stereocenters. The minimum atomic E-state index is -0.0886. The highest BCUT2D eigenvalue weighted by Crippen LogP contribution is 2.33. The van der Waals surface area contributed by atoms with Gasteiger partial charge in [0.05, 0.1) is 13.2 Å². The Morgan fingerprint density at radius 3 is 2.50 bits per heavy atom. The summed E-state index contributed by atoms with van der Waals surface area (Å²) < 4.78 is 10.9. The quantitative estimate of drug-likeness (QED) is 0.634. The second kappa shape index (κ2) is 2.31. The molecule has 3 aliphatic rings. The molecule has 0 N–H and O–H groups in total. The molecule has 2 nitrogen and oxygen atoms in total. The number of rotatable bonds is 1. The van der Waals surface area contributed by atoms with Crippen molar-refractivity contribution in [3.8, 4) is 0 Å². The number of ether oxygens (including phenoxy) is 2. The Morgan fingerprint density at radius 1 is 1.17 bits per heavy atom. The van der Waals surface area contributed by atoms with Gasteiger partial charge >= 0.3 is 0 Å². The predicted molar refractivity (Wildman–Crippen MR) is 43.9 cm³/mol. The van der Waals surface area contributed by atoms with Crippen molar-refractivity contribution in [3.05, 3.63) is 34.9 Å². The molecule has 1 heterocycles. The largest absolute Gasteiger partial charge is 0.346 e. The first-order valence-corrected chi connectivity index (χ1v) is 4.28. The SMILES string of the molecule is c1cc(C2OCCO2)c2cc1C2. The fraction of sp³-hybridized carbons (Fsp3) is 0.400. The van der Waals surface area contributed by atoms with Gasteiger partial charge in [-0.05, 0) is 17.5 Å². The second-order valence-electron chi connectivity index (χ2n) is 3.28. The first kappa shape index (κ1) is 6.63. The molecule has 1 aromatic carbocycles. The third-order valence-electron chi connectivity index (χ3n) is 2.48.